The number of carbonyl (C=O) groups is 2. The van der Waals surface area contributed by atoms with Crippen LogP contribution in [0.3, 0.4) is 0 Å². The number of nitrogens with one attached hydrogen (secondary N) is 1. The third-order valence-electron chi connectivity index (χ3n) is 6.21. The second-order valence-corrected chi connectivity index (χ2v) is 9.50. The minimum Gasteiger partial charge on any atom is -0.339 e. The van der Waals surface area contributed by atoms with Gasteiger partial charge in [-0.05, 0) is 68.4 Å². The summed E-state index contributed by atoms with van der Waals surface area (Å²) in [5.74, 6) is 0.791. The molecule has 30 heavy (non-hydrogen) atoms. The van der Waals surface area contributed by atoms with Gasteiger partial charge in [-0.25, -0.2) is 9.97 Å². The van der Waals surface area contributed by atoms with E-state index >= 15 is 0 Å². The molecule has 0 bridgehead atoms. The Morgan fingerprint density at radius 3 is 2.80 bits per heavy atom. The summed E-state index contributed by atoms with van der Waals surface area (Å²) in [5, 5.41) is 6.07. The first-order chi connectivity index (χ1) is 14.5. The van der Waals surface area contributed by atoms with Crippen LogP contribution in [0.2, 0.25) is 0 Å². The molecule has 7 heteroatoms. The first kappa shape index (κ1) is 19.2. The number of likely N-dealkylation sites (tertiary alicyclic amines) is 1. The van der Waals surface area contributed by atoms with Crippen LogP contribution in [0.5, 0.6) is 0 Å². The Labute approximate surface area is 179 Å². The molecular weight excluding hydrogens is 396 g/mol. The number of carbonyl (C=O) groups excluding carboxylic acids is 2. The highest BCUT2D eigenvalue weighted by molar-refractivity contribution is 7.09. The van der Waals surface area contributed by atoms with Gasteiger partial charge in [0.1, 0.15) is 5.82 Å². The average Bonchev–Trinajstić information content (AvgIpc) is 3.40. The first-order valence-corrected chi connectivity index (χ1v) is 11.3. The van der Waals surface area contributed by atoms with E-state index in [1.807, 2.05) is 24.0 Å². The van der Waals surface area contributed by atoms with Crippen molar-refractivity contribution >= 4 is 41.1 Å². The molecule has 1 saturated heterocycles. The highest BCUT2D eigenvalue weighted by Crippen LogP contribution is 2.52. The number of anilines is 1. The van der Waals surface area contributed by atoms with Gasteiger partial charge in [0, 0.05) is 30.7 Å². The van der Waals surface area contributed by atoms with Crippen molar-refractivity contribution in [2.45, 2.75) is 39.0 Å². The highest BCUT2D eigenvalue weighted by atomic mass is 32.1. The smallest absolute Gasteiger partial charge is 0.246 e. The Balaban J connectivity index is 1.20. The van der Waals surface area contributed by atoms with Gasteiger partial charge in [0.25, 0.3) is 0 Å². The molecule has 0 radical (unpaired) electrons. The van der Waals surface area contributed by atoms with Crippen LogP contribution in [0, 0.1) is 12.3 Å². The fourth-order valence-electron chi connectivity index (χ4n) is 4.19. The number of aryl methyl sites for hydroxylation is 1. The summed E-state index contributed by atoms with van der Waals surface area (Å²) in [4.78, 5) is 35.5. The molecule has 2 aliphatic heterocycles. The number of rotatable bonds is 3. The largest absolute Gasteiger partial charge is 0.339 e. The summed E-state index contributed by atoms with van der Waals surface area (Å²) in [5.41, 5.74) is 4.13. The summed E-state index contributed by atoms with van der Waals surface area (Å²) in [6.45, 7) is 3.47. The van der Waals surface area contributed by atoms with Crippen molar-refractivity contribution in [3.8, 4) is 0 Å². The van der Waals surface area contributed by atoms with E-state index in [2.05, 4.69) is 26.7 Å². The van der Waals surface area contributed by atoms with E-state index in [1.165, 1.54) is 5.57 Å². The van der Waals surface area contributed by atoms with Crippen molar-refractivity contribution in [1.82, 2.24) is 14.9 Å². The molecule has 154 valence electrons. The summed E-state index contributed by atoms with van der Waals surface area (Å²) >= 11 is 1.66. The van der Waals surface area contributed by atoms with E-state index in [4.69, 9.17) is 0 Å². The maximum absolute atomic E-state index is 12.6. The van der Waals surface area contributed by atoms with E-state index < -0.39 is 0 Å². The van der Waals surface area contributed by atoms with Crippen LogP contribution in [0.15, 0.2) is 29.3 Å². The van der Waals surface area contributed by atoms with Crippen LogP contribution in [0.4, 0.5) is 5.82 Å². The number of amides is 2. The van der Waals surface area contributed by atoms with Gasteiger partial charge < -0.3 is 10.2 Å². The maximum Gasteiger partial charge on any atom is 0.246 e. The van der Waals surface area contributed by atoms with E-state index in [9.17, 15) is 9.59 Å². The van der Waals surface area contributed by atoms with Crippen LogP contribution in [0.1, 0.15) is 47.5 Å². The normalized spacial score (nSPS) is 19.7. The standard InChI is InChI=1S/C23H24N4O2S/c1-15-25-19(14-30-15)11-16-4-8-27(9-5-16)20(28)3-2-17-10-18-12-23(6-7-23)22(29)26-21(18)24-13-17/h2-3,10-11,13-14H,4-9,12H2,1H3,(H,24,26,29). The Bertz CT molecular complexity index is 1070. The lowest BCUT2D eigenvalue weighted by Gasteiger charge is -2.27. The average molecular weight is 421 g/mol. The summed E-state index contributed by atoms with van der Waals surface area (Å²) < 4.78 is 0. The third-order valence-corrected chi connectivity index (χ3v) is 7.00. The quantitative estimate of drug-likeness (QED) is 0.766. The van der Waals surface area contributed by atoms with E-state index in [0.29, 0.717) is 5.82 Å². The molecule has 2 amide bonds. The van der Waals surface area contributed by atoms with Crippen molar-refractivity contribution < 1.29 is 9.59 Å². The third kappa shape index (κ3) is 3.81. The second-order valence-electron chi connectivity index (χ2n) is 8.44. The van der Waals surface area contributed by atoms with Crippen molar-refractivity contribution in [3.05, 3.63) is 51.1 Å². The van der Waals surface area contributed by atoms with Gasteiger partial charge in [-0.1, -0.05) is 5.57 Å². The fourth-order valence-corrected chi connectivity index (χ4v) is 4.76. The van der Waals surface area contributed by atoms with E-state index in [1.54, 1.807) is 23.6 Å². The lowest BCUT2D eigenvalue weighted by molar-refractivity contribution is -0.126. The van der Waals surface area contributed by atoms with Crippen molar-refractivity contribution in [1.29, 1.82) is 0 Å². The van der Waals surface area contributed by atoms with E-state index in [0.717, 1.165) is 67.0 Å². The number of thiazole rings is 1. The molecule has 4 heterocycles. The molecule has 1 aliphatic carbocycles. The topological polar surface area (TPSA) is 75.2 Å². The number of piperidine rings is 1. The van der Waals surface area contributed by atoms with Gasteiger partial charge in [-0.2, -0.15) is 0 Å². The zero-order valence-electron chi connectivity index (χ0n) is 17.0. The van der Waals surface area contributed by atoms with Crippen molar-refractivity contribution in [2.24, 2.45) is 5.41 Å². The molecule has 1 spiro atoms. The van der Waals surface area contributed by atoms with Crippen LogP contribution in [-0.4, -0.2) is 39.8 Å². The molecule has 2 fully saturated rings. The summed E-state index contributed by atoms with van der Waals surface area (Å²) in [6, 6.07) is 2.04. The number of hydrogen-bond acceptors (Lipinski definition) is 5. The van der Waals surface area contributed by atoms with Crippen molar-refractivity contribution in [3.63, 3.8) is 0 Å². The molecule has 1 saturated carbocycles. The number of fused-ring (bicyclic) bond motifs is 1. The predicted octanol–water partition coefficient (Wildman–Crippen LogP) is 3.84. The monoisotopic (exact) mass is 420 g/mol. The summed E-state index contributed by atoms with van der Waals surface area (Å²) in [6.07, 6.45) is 11.7. The fraction of sp³-hybridized carbons (Fsp3) is 0.391. The lowest BCUT2D eigenvalue weighted by atomic mass is 9.92. The molecule has 3 aliphatic rings. The Morgan fingerprint density at radius 1 is 1.30 bits per heavy atom. The lowest BCUT2D eigenvalue weighted by Crippen LogP contribution is -2.35. The molecule has 6 nitrogen and oxygen atoms in total. The molecule has 0 aromatic carbocycles. The molecule has 0 atom stereocenters. The Kier molecular flexibility index (Phi) is 4.77. The number of nitrogens with zero attached hydrogens (tertiary/aromatic N) is 3. The SMILES string of the molecule is Cc1nc(C=C2CCN(C(=O)C=Cc3cnc4c(c3)CC3(CC3)C(=O)N4)CC2)cs1. The second kappa shape index (κ2) is 7.47. The van der Waals surface area contributed by atoms with Crippen molar-refractivity contribution in [2.75, 3.05) is 18.4 Å². The van der Waals surface area contributed by atoms with Crippen LogP contribution in [-0.2, 0) is 16.0 Å². The molecule has 2 aromatic heterocycles. The van der Waals surface area contributed by atoms with Gasteiger partial charge in [-0.15, -0.1) is 11.3 Å². The molecule has 0 unspecified atom stereocenters. The first-order valence-electron chi connectivity index (χ1n) is 10.4. The minimum atomic E-state index is -0.205. The zero-order valence-corrected chi connectivity index (χ0v) is 17.8. The Morgan fingerprint density at radius 2 is 2.10 bits per heavy atom. The Hall–Kier alpha value is -2.80. The van der Waals surface area contributed by atoms with Gasteiger partial charge >= 0.3 is 0 Å². The predicted molar refractivity (Wildman–Crippen MR) is 118 cm³/mol. The molecule has 5 rings (SSSR count). The maximum atomic E-state index is 12.6. The highest BCUT2D eigenvalue weighted by Gasteiger charge is 2.52. The van der Waals surface area contributed by atoms with Gasteiger partial charge in [0.2, 0.25) is 11.8 Å². The minimum absolute atomic E-state index is 0.0308. The summed E-state index contributed by atoms with van der Waals surface area (Å²) in [7, 11) is 0. The number of aromatic nitrogens is 2. The van der Waals surface area contributed by atoms with Gasteiger partial charge in [0.15, 0.2) is 0 Å². The number of pyridine rings is 1. The van der Waals surface area contributed by atoms with Gasteiger partial charge in [0.05, 0.1) is 16.1 Å². The molecule has 2 aromatic rings. The molecule has 1 N–H and O–H groups in total. The number of hydrogen-bond donors (Lipinski definition) is 1. The zero-order chi connectivity index (χ0) is 20.7. The van der Waals surface area contributed by atoms with Crippen LogP contribution < -0.4 is 5.32 Å². The van der Waals surface area contributed by atoms with Crippen LogP contribution in [0.25, 0.3) is 12.2 Å². The van der Waals surface area contributed by atoms with E-state index in [-0.39, 0.29) is 17.2 Å². The van der Waals surface area contributed by atoms with Gasteiger partial charge in [-0.3, -0.25) is 9.59 Å². The van der Waals surface area contributed by atoms with Crippen LogP contribution >= 0.6 is 11.3 Å². The molecular formula is C23H24N4O2S.